The lowest BCUT2D eigenvalue weighted by molar-refractivity contribution is 0.547. The van der Waals surface area contributed by atoms with Crippen molar-refractivity contribution < 1.29 is 0 Å². The molecule has 2 aromatic heterocycles. The molecule has 1 aliphatic heterocycles. The fourth-order valence-corrected chi connectivity index (χ4v) is 5.10. The second-order valence-corrected chi connectivity index (χ2v) is 9.08. The molecule has 6 heteroatoms. The van der Waals surface area contributed by atoms with Crippen LogP contribution in [-0.2, 0) is 0 Å². The van der Waals surface area contributed by atoms with Crippen molar-refractivity contribution in [2.45, 2.75) is 45.8 Å². The first kappa shape index (κ1) is 21.4. The van der Waals surface area contributed by atoms with Crippen molar-refractivity contribution in [2.75, 3.05) is 23.9 Å². The SMILES string of the molecule is Cc1cc(C2C(c3ccccn3)NC(=S)N2c2ccc(N(C)C)cc2)c(C)n1C(C)C. The van der Waals surface area contributed by atoms with E-state index in [-0.39, 0.29) is 12.1 Å². The molecule has 3 aromatic rings. The number of anilines is 2. The average molecular weight is 434 g/mol. The van der Waals surface area contributed by atoms with Crippen LogP contribution in [0.2, 0.25) is 0 Å². The zero-order valence-corrected chi connectivity index (χ0v) is 19.9. The highest BCUT2D eigenvalue weighted by molar-refractivity contribution is 7.80. The van der Waals surface area contributed by atoms with Gasteiger partial charge in [0.2, 0.25) is 0 Å². The van der Waals surface area contributed by atoms with Gasteiger partial charge in [-0.2, -0.15) is 0 Å². The molecule has 3 heterocycles. The zero-order valence-electron chi connectivity index (χ0n) is 19.1. The van der Waals surface area contributed by atoms with Crippen molar-refractivity contribution in [1.29, 1.82) is 0 Å². The summed E-state index contributed by atoms with van der Waals surface area (Å²) in [5.41, 5.74) is 7.07. The van der Waals surface area contributed by atoms with E-state index in [2.05, 4.69) is 103 Å². The lowest BCUT2D eigenvalue weighted by atomic mass is 9.96. The minimum absolute atomic E-state index is 0.0197. The third-order valence-corrected chi connectivity index (χ3v) is 6.42. The van der Waals surface area contributed by atoms with Crippen LogP contribution in [0, 0.1) is 13.8 Å². The maximum absolute atomic E-state index is 5.87. The topological polar surface area (TPSA) is 36.3 Å². The van der Waals surface area contributed by atoms with E-state index < -0.39 is 0 Å². The number of thiocarbonyl (C=S) groups is 1. The summed E-state index contributed by atoms with van der Waals surface area (Å²) in [7, 11) is 4.11. The molecule has 2 atom stereocenters. The number of rotatable bonds is 5. The first-order chi connectivity index (χ1) is 14.8. The van der Waals surface area contributed by atoms with Crippen LogP contribution in [0.15, 0.2) is 54.7 Å². The van der Waals surface area contributed by atoms with Gasteiger partial charge in [-0.1, -0.05) is 6.07 Å². The summed E-state index contributed by atoms with van der Waals surface area (Å²) in [6.45, 7) is 8.86. The van der Waals surface area contributed by atoms with Gasteiger partial charge in [0.05, 0.1) is 17.8 Å². The van der Waals surface area contributed by atoms with E-state index in [0.29, 0.717) is 6.04 Å². The lowest BCUT2D eigenvalue weighted by Crippen LogP contribution is -2.29. The van der Waals surface area contributed by atoms with E-state index in [1.807, 2.05) is 18.3 Å². The third-order valence-electron chi connectivity index (χ3n) is 6.10. The summed E-state index contributed by atoms with van der Waals surface area (Å²) in [5.74, 6) is 0. The molecule has 5 nitrogen and oxygen atoms in total. The Bertz CT molecular complexity index is 1070. The highest BCUT2D eigenvalue weighted by atomic mass is 32.1. The van der Waals surface area contributed by atoms with Crippen molar-refractivity contribution in [3.05, 3.63) is 77.4 Å². The number of aromatic nitrogens is 2. The molecule has 4 rings (SSSR count). The van der Waals surface area contributed by atoms with Gasteiger partial charge in [-0.3, -0.25) is 4.98 Å². The van der Waals surface area contributed by atoms with Crippen molar-refractivity contribution in [3.63, 3.8) is 0 Å². The van der Waals surface area contributed by atoms with Crippen LogP contribution in [0.1, 0.15) is 54.6 Å². The first-order valence-electron chi connectivity index (χ1n) is 10.8. The Morgan fingerprint density at radius 2 is 1.77 bits per heavy atom. The Balaban J connectivity index is 1.86. The Hall–Kier alpha value is -2.86. The predicted octanol–water partition coefficient (Wildman–Crippen LogP) is 5.32. The summed E-state index contributed by atoms with van der Waals surface area (Å²) in [6.07, 6.45) is 1.85. The Morgan fingerprint density at radius 1 is 1.06 bits per heavy atom. The van der Waals surface area contributed by atoms with Gasteiger partial charge in [0, 0.05) is 49.1 Å². The molecule has 1 aliphatic rings. The zero-order chi connectivity index (χ0) is 22.3. The van der Waals surface area contributed by atoms with Crippen LogP contribution in [-0.4, -0.2) is 28.8 Å². The Labute approximate surface area is 190 Å². The number of hydrogen-bond donors (Lipinski definition) is 1. The Kier molecular flexibility index (Phi) is 5.75. The lowest BCUT2D eigenvalue weighted by Gasteiger charge is -2.29. The molecule has 1 aromatic carbocycles. The molecule has 1 fully saturated rings. The van der Waals surface area contributed by atoms with Gasteiger partial charge in [-0.15, -0.1) is 0 Å². The number of hydrogen-bond acceptors (Lipinski definition) is 3. The van der Waals surface area contributed by atoms with Gasteiger partial charge in [0.1, 0.15) is 0 Å². The van der Waals surface area contributed by atoms with Gasteiger partial charge in [-0.25, -0.2) is 0 Å². The molecular formula is C25H31N5S. The summed E-state index contributed by atoms with van der Waals surface area (Å²) in [6, 6.07) is 17.4. The molecule has 0 radical (unpaired) electrons. The first-order valence-corrected chi connectivity index (χ1v) is 11.2. The molecular weight excluding hydrogens is 402 g/mol. The van der Waals surface area contributed by atoms with Crippen LogP contribution >= 0.6 is 12.2 Å². The largest absolute Gasteiger partial charge is 0.378 e. The minimum Gasteiger partial charge on any atom is -0.378 e. The molecule has 0 bridgehead atoms. The van der Waals surface area contributed by atoms with Crippen molar-refractivity contribution in [3.8, 4) is 0 Å². The maximum Gasteiger partial charge on any atom is 0.174 e. The van der Waals surface area contributed by atoms with Crippen LogP contribution in [0.5, 0.6) is 0 Å². The second kappa shape index (κ2) is 8.35. The third kappa shape index (κ3) is 3.81. The number of nitrogens with zero attached hydrogens (tertiary/aromatic N) is 4. The summed E-state index contributed by atoms with van der Waals surface area (Å²) < 4.78 is 2.40. The molecule has 0 saturated carbocycles. The monoisotopic (exact) mass is 433 g/mol. The molecule has 0 amide bonds. The van der Waals surface area contributed by atoms with Crippen molar-refractivity contribution in [1.82, 2.24) is 14.9 Å². The maximum atomic E-state index is 5.87. The molecule has 2 unspecified atom stereocenters. The average Bonchev–Trinajstić information content (AvgIpc) is 3.24. The van der Waals surface area contributed by atoms with E-state index in [1.54, 1.807) is 0 Å². The van der Waals surface area contributed by atoms with Crippen molar-refractivity contribution in [2.24, 2.45) is 0 Å². The number of nitrogens with one attached hydrogen (secondary N) is 1. The number of pyridine rings is 1. The highest BCUT2D eigenvalue weighted by Crippen LogP contribution is 2.43. The smallest absolute Gasteiger partial charge is 0.174 e. The summed E-state index contributed by atoms with van der Waals surface area (Å²) in [5, 5.41) is 4.29. The molecule has 0 aliphatic carbocycles. The molecule has 31 heavy (non-hydrogen) atoms. The van der Waals surface area contributed by atoms with Gasteiger partial charge >= 0.3 is 0 Å². The quantitative estimate of drug-likeness (QED) is 0.551. The molecule has 162 valence electrons. The van der Waals surface area contributed by atoms with E-state index in [0.717, 1.165) is 22.2 Å². The Morgan fingerprint density at radius 3 is 2.32 bits per heavy atom. The second-order valence-electron chi connectivity index (χ2n) is 8.70. The molecule has 1 N–H and O–H groups in total. The molecule has 0 spiro atoms. The van der Waals surface area contributed by atoms with Crippen molar-refractivity contribution >= 4 is 28.7 Å². The normalized spacial score (nSPS) is 18.5. The van der Waals surface area contributed by atoms with Crippen LogP contribution in [0.25, 0.3) is 0 Å². The minimum atomic E-state index is -0.0247. The van der Waals surface area contributed by atoms with Gasteiger partial charge in [0.15, 0.2) is 5.11 Å². The van der Waals surface area contributed by atoms with Crippen LogP contribution in [0.3, 0.4) is 0 Å². The number of benzene rings is 1. The van der Waals surface area contributed by atoms with Crippen LogP contribution in [0.4, 0.5) is 11.4 Å². The molecule has 1 saturated heterocycles. The van der Waals surface area contributed by atoms with Gasteiger partial charge in [-0.05, 0) is 87.9 Å². The van der Waals surface area contributed by atoms with E-state index in [4.69, 9.17) is 12.2 Å². The highest BCUT2D eigenvalue weighted by Gasteiger charge is 2.42. The van der Waals surface area contributed by atoms with E-state index in [9.17, 15) is 0 Å². The fraction of sp³-hybridized carbons (Fsp3) is 0.360. The fourth-order valence-electron chi connectivity index (χ4n) is 4.76. The van der Waals surface area contributed by atoms with Gasteiger partial charge in [0.25, 0.3) is 0 Å². The van der Waals surface area contributed by atoms with E-state index >= 15 is 0 Å². The summed E-state index contributed by atoms with van der Waals surface area (Å²) >= 11 is 5.87. The number of aryl methyl sites for hydroxylation is 1. The van der Waals surface area contributed by atoms with Crippen LogP contribution < -0.4 is 15.1 Å². The summed E-state index contributed by atoms with van der Waals surface area (Å²) in [4.78, 5) is 9.02. The standard InChI is InChI=1S/C25H31N5S/c1-16(2)29-17(3)15-21(18(29)4)24-23(22-9-7-8-14-26-22)27-25(31)30(24)20-12-10-19(11-13-20)28(5)6/h7-16,23-24H,1-6H3,(H,27,31). The van der Waals surface area contributed by atoms with E-state index in [1.165, 1.54) is 17.0 Å². The predicted molar refractivity (Wildman–Crippen MR) is 133 cm³/mol. The van der Waals surface area contributed by atoms with Gasteiger partial charge < -0.3 is 19.7 Å².